The number of aromatic hydroxyl groups is 1. The number of alkyl halides is 3. The fraction of sp³-hybridized carbons (Fsp3) is 0.471. The Morgan fingerprint density at radius 1 is 1.10 bits per heavy atom. The van der Waals surface area contributed by atoms with Gasteiger partial charge in [0.05, 0.1) is 30.2 Å². The Hall–Kier alpha value is -3.72. The number of benzene rings is 2. The third-order valence-electron chi connectivity index (χ3n) is 8.91. The number of β-amino-alcohol motifs (C(OH)–C–C–N with tert-alkyl or cyclic N) is 1. The predicted octanol–water partition coefficient (Wildman–Crippen LogP) is 4.42. The molecular formula is C34H42F3N5O5S. The Bertz CT molecular complexity index is 1780. The van der Waals surface area contributed by atoms with Crippen LogP contribution in [0, 0.1) is 0 Å². The van der Waals surface area contributed by atoms with Crippen LogP contribution in [0.2, 0.25) is 0 Å². The standard InChI is InChI=1S/C34H42F3N5O5S/c1-22(2)15-32(45)38-18-26-16-25(7-8-30(26)34(35,36)37)33-29-21-41(48(3,46)47)14-11-31(29)42(39-33)20-28(44)19-40-12-9-23(10-13-40)24-5-4-6-27(43)17-24/h4-8,15-17,23,28,43-44H,9-14,18-21H2,1-3H3,(H,38,45). The van der Waals surface area contributed by atoms with E-state index in [9.17, 15) is 36.6 Å². The lowest BCUT2D eigenvalue weighted by Gasteiger charge is -2.33. The zero-order chi connectivity index (χ0) is 34.8. The van der Waals surface area contributed by atoms with Gasteiger partial charge in [0.25, 0.3) is 0 Å². The number of phenols is 1. The molecule has 1 amide bonds. The predicted molar refractivity (Wildman–Crippen MR) is 175 cm³/mol. The largest absolute Gasteiger partial charge is 0.508 e. The molecule has 260 valence electrons. The lowest BCUT2D eigenvalue weighted by atomic mass is 9.89. The average molecular weight is 690 g/mol. The maximum Gasteiger partial charge on any atom is 0.416 e. The molecule has 14 heteroatoms. The van der Waals surface area contributed by atoms with Crippen LogP contribution >= 0.6 is 0 Å². The molecule has 10 nitrogen and oxygen atoms in total. The van der Waals surface area contributed by atoms with E-state index < -0.39 is 33.8 Å². The fourth-order valence-corrected chi connectivity index (χ4v) is 7.36. The number of nitrogens with one attached hydrogen (secondary N) is 1. The third kappa shape index (κ3) is 8.65. The van der Waals surface area contributed by atoms with Crippen LogP contribution in [-0.2, 0) is 47.0 Å². The molecule has 3 aromatic rings. The van der Waals surface area contributed by atoms with Crippen LogP contribution in [0.25, 0.3) is 11.3 Å². The van der Waals surface area contributed by atoms with Crippen molar-refractivity contribution in [3.8, 4) is 17.0 Å². The first kappa shape index (κ1) is 35.6. The molecule has 5 rings (SSSR count). The Balaban J connectivity index is 1.39. The number of aromatic nitrogens is 2. The molecule has 1 aromatic heterocycles. The van der Waals surface area contributed by atoms with Gasteiger partial charge in [0.1, 0.15) is 5.75 Å². The molecular weight excluding hydrogens is 647 g/mol. The van der Waals surface area contributed by atoms with Crippen LogP contribution < -0.4 is 5.32 Å². The van der Waals surface area contributed by atoms with Crippen molar-refractivity contribution in [1.82, 2.24) is 24.3 Å². The first-order chi connectivity index (χ1) is 22.6. The minimum Gasteiger partial charge on any atom is -0.508 e. The van der Waals surface area contributed by atoms with Crippen LogP contribution in [-0.4, -0.2) is 82.1 Å². The first-order valence-corrected chi connectivity index (χ1v) is 17.8. The maximum absolute atomic E-state index is 14.0. The summed E-state index contributed by atoms with van der Waals surface area (Å²) >= 11 is 0. The highest BCUT2D eigenvalue weighted by Crippen LogP contribution is 2.37. The number of hydrogen-bond donors (Lipinski definition) is 3. The van der Waals surface area contributed by atoms with Crippen LogP contribution in [0.3, 0.4) is 0 Å². The number of amides is 1. The number of rotatable bonds is 10. The van der Waals surface area contributed by atoms with Crippen molar-refractivity contribution in [3.63, 3.8) is 0 Å². The zero-order valence-electron chi connectivity index (χ0n) is 27.3. The number of aliphatic hydroxyl groups excluding tert-OH is 1. The summed E-state index contributed by atoms with van der Waals surface area (Å²) in [4.78, 5) is 14.4. The van der Waals surface area contributed by atoms with Gasteiger partial charge in [-0.25, -0.2) is 8.42 Å². The molecule has 3 heterocycles. The van der Waals surface area contributed by atoms with Crippen LogP contribution in [0.4, 0.5) is 13.2 Å². The summed E-state index contributed by atoms with van der Waals surface area (Å²) in [5, 5.41) is 28.3. The van der Waals surface area contributed by atoms with E-state index in [1.807, 2.05) is 12.1 Å². The van der Waals surface area contributed by atoms with E-state index in [1.54, 1.807) is 30.7 Å². The van der Waals surface area contributed by atoms with E-state index in [0.717, 1.165) is 49.5 Å². The molecule has 1 unspecified atom stereocenters. The van der Waals surface area contributed by atoms with Gasteiger partial charge in [-0.1, -0.05) is 23.8 Å². The summed E-state index contributed by atoms with van der Waals surface area (Å²) < 4.78 is 69.9. The molecule has 0 radical (unpaired) electrons. The van der Waals surface area contributed by atoms with Crippen molar-refractivity contribution in [2.45, 2.75) is 70.9 Å². The van der Waals surface area contributed by atoms with E-state index in [-0.39, 0.29) is 37.5 Å². The van der Waals surface area contributed by atoms with Crippen molar-refractivity contribution in [3.05, 3.63) is 82.1 Å². The van der Waals surface area contributed by atoms with Crippen molar-refractivity contribution < 1.29 is 36.6 Å². The van der Waals surface area contributed by atoms with Gasteiger partial charge in [-0.2, -0.15) is 22.6 Å². The number of nitrogens with zero attached hydrogens (tertiary/aromatic N) is 4. The number of fused-ring (bicyclic) bond motifs is 1. The van der Waals surface area contributed by atoms with E-state index >= 15 is 0 Å². The monoisotopic (exact) mass is 689 g/mol. The lowest BCUT2D eigenvalue weighted by molar-refractivity contribution is -0.138. The van der Waals surface area contributed by atoms with Gasteiger partial charge in [-0.05, 0) is 81.1 Å². The molecule has 0 saturated carbocycles. The van der Waals surface area contributed by atoms with Gasteiger partial charge in [0.15, 0.2) is 0 Å². The number of allylic oxidation sites excluding steroid dienone is 1. The van der Waals surface area contributed by atoms with E-state index in [1.165, 1.54) is 22.5 Å². The molecule has 1 atom stereocenters. The number of sulfonamides is 1. The Morgan fingerprint density at radius 2 is 1.83 bits per heavy atom. The molecule has 2 aromatic carbocycles. The molecule has 0 spiro atoms. The second-order valence-corrected chi connectivity index (χ2v) is 14.9. The molecule has 2 aliphatic heterocycles. The molecule has 0 bridgehead atoms. The Kier molecular flexibility index (Phi) is 10.7. The highest BCUT2D eigenvalue weighted by molar-refractivity contribution is 7.88. The normalized spacial score (nSPS) is 17.1. The Labute approximate surface area is 278 Å². The van der Waals surface area contributed by atoms with Crippen LogP contribution in [0.5, 0.6) is 5.75 Å². The number of piperidine rings is 1. The summed E-state index contributed by atoms with van der Waals surface area (Å²) in [6.07, 6.45) is -0.973. The summed E-state index contributed by atoms with van der Waals surface area (Å²) in [6, 6.07) is 10.9. The van der Waals surface area contributed by atoms with Gasteiger partial charge in [0.2, 0.25) is 15.9 Å². The summed E-state index contributed by atoms with van der Waals surface area (Å²) in [5.41, 5.74) is 2.74. The molecule has 1 saturated heterocycles. The number of aliphatic hydroxyl groups is 1. The smallest absolute Gasteiger partial charge is 0.416 e. The number of phenolic OH excluding ortho intramolecular Hbond substituents is 1. The number of likely N-dealkylation sites (tertiary alicyclic amines) is 1. The van der Waals surface area contributed by atoms with E-state index in [4.69, 9.17) is 5.10 Å². The van der Waals surface area contributed by atoms with E-state index in [2.05, 4.69) is 10.2 Å². The fourth-order valence-electron chi connectivity index (χ4n) is 6.57. The summed E-state index contributed by atoms with van der Waals surface area (Å²) in [6.45, 7) is 5.30. The van der Waals surface area contributed by atoms with Gasteiger partial charge >= 0.3 is 6.18 Å². The third-order valence-corrected chi connectivity index (χ3v) is 10.2. The second kappa shape index (κ2) is 14.4. The topological polar surface area (TPSA) is 128 Å². The molecule has 0 aliphatic carbocycles. The minimum absolute atomic E-state index is 0.00415. The van der Waals surface area contributed by atoms with Gasteiger partial charge in [-0.3, -0.25) is 9.48 Å². The van der Waals surface area contributed by atoms with Crippen molar-refractivity contribution in [2.24, 2.45) is 0 Å². The SMILES string of the molecule is CC(C)=CC(=O)NCc1cc(-c2nn(CC(O)CN3CCC(c4cccc(O)c4)CC3)c3c2CN(S(C)(=O)=O)CC3)ccc1C(F)(F)F. The summed E-state index contributed by atoms with van der Waals surface area (Å²) in [5.74, 6) is 0.0420. The maximum atomic E-state index is 14.0. The first-order valence-electron chi connectivity index (χ1n) is 15.9. The summed E-state index contributed by atoms with van der Waals surface area (Å²) in [7, 11) is -3.57. The lowest BCUT2D eigenvalue weighted by Crippen LogP contribution is -2.40. The molecule has 1 fully saturated rings. The van der Waals surface area contributed by atoms with Crippen LogP contribution in [0.1, 0.15) is 60.6 Å². The number of carbonyl (C=O) groups is 1. The zero-order valence-corrected chi connectivity index (χ0v) is 28.1. The molecule has 48 heavy (non-hydrogen) atoms. The molecule has 3 N–H and O–H groups in total. The Morgan fingerprint density at radius 3 is 2.48 bits per heavy atom. The highest BCUT2D eigenvalue weighted by atomic mass is 32.2. The quantitative estimate of drug-likeness (QED) is 0.269. The number of carbonyl (C=O) groups excluding carboxylic acids is 1. The average Bonchev–Trinajstić information content (AvgIpc) is 3.36. The van der Waals surface area contributed by atoms with Gasteiger partial charge in [-0.15, -0.1) is 0 Å². The highest BCUT2D eigenvalue weighted by Gasteiger charge is 2.35. The number of halogens is 3. The minimum atomic E-state index is -4.66. The van der Waals surface area contributed by atoms with Gasteiger partial charge in [0, 0.05) is 55.5 Å². The number of hydrogen-bond acceptors (Lipinski definition) is 7. The van der Waals surface area contributed by atoms with Crippen molar-refractivity contribution in [1.29, 1.82) is 0 Å². The van der Waals surface area contributed by atoms with Crippen LogP contribution in [0.15, 0.2) is 54.1 Å². The van der Waals surface area contributed by atoms with Crippen molar-refractivity contribution >= 4 is 15.9 Å². The van der Waals surface area contributed by atoms with Crippen molar-refractivity contribution in [2.75, 3.05) is 32.4 Å². The second-order valence-electron chi connectivity index (χ2n) is 12.9. The van der Waals surface area contributed by atoms with Gasteiger partial charge < -0.3 is 20.4 Å². The molecule has 2 aliphatic rings. The van der Waals surface area contributed by atoms with E-state index in [0.29, 0.717) is 41.3 Å².